The van der Waals surface area contributed by atoms with E-state index in [4.69, 9.17) is 0 Å². The molecule has 2 amide bonds. The number of nitrogens with zero attached hydrogens (tertiary/aromatic N) is 2. The summed E-state index contributed by atoms with van der Waals surface area (Å²) >= 11 is 1.35. The summed E-state index contributed by atoms with van der Waals surface area (Å²) in [7, 11) is 0. The molecule has 2 heterocycles. The number of hydrogen-bond donors (Lipinski definition) is 1. The lowest BCUT2D eigenvalue weighted by Gasteiger charge is -2.10. The minimum atomic E-state index is -0.0356. The second-order valence-electron chi connectivity index (χ2n) is 5.76. The summed E-state index contributed by atoms with van der Waals surface area (Å²) in [4.78, 5) is 31.0. The van der Waals surface area contributed by atoms with E-state index in [1.807, 2.05) is 13.8 Å². The number of nitrogens with one attached hydrogen (secondary N) is 1. The number of amides is 2. The van der Waals surface area contributed by atoms with Crippen molar-refractivity contribution in [3.05, 3.63) is 10.6 Å². The highest BCUT2D eigenvalue weighted by Crippen LogP contribution is 2.33. The van der Waals surface area contributed by atoms with Crippen LogP contribution in [0.1, 0.15) is 60.8 Å². The van der Waals surface area contributed by atoms with E-state index in [0.29, 0.717) is 29.0 Å². The highest BCUT2D eigenvalue weighted by atomic mass is 32.1. The van der Waals surface area contributed by atoms with Gasteiger partial charge in [-0.3, -0.25) is 14.5 Å². The van der Waals surface area contributed by atoms with E-state index < -0.39 is 0 Å². The Kier molecular flexibility index (Phi) is 3.50. The Labute approximate surface area is 122 Å². The second kappa shape index (κ2) is 5.16. The fourth-order valence-electron chi connectivity index (χ4n) is 2.32. The molecule has 5 nitrogen and oxygen atoms in total. The van der Waals surface area contributed by atoms with Crippen molar-refractivity contribution in [2.75, 3.05) is 11.4 Å². The average molecular weight is 293 g/mol. The highest BCUT2D eigenvalue weighted by molar-refractivity contribution is 7.17. The van der Waals surface area contributed by atoms with E-state index in [1.54, 1.807) is 4.90 Å². The maximum atomic E-state index is 12.3. The van der Waals surface area contributed by atoms with Crippen LogP contribution in [0.3, 0.4) is 0 Å². The number of rotatable bonds is 4. The molecule has 0 unspecified atom stereocenters. The molecule has 1 saturated carbocycles. The van der Waals surface area contributed by atoms with Crippen LogP contribution >= 0.6 is 11.3 Å². The Balaban J connectivity index is 1.89. The summed E-state index contributed by atoms with van der Waals surface area (Å²) in [6.45, 7) is 4.77. The minimum absolute atomic E-state index is 0.0356. The Morgan fingerprint density at radius 3 is 2.75 bits per heavy atom. The SMILES string of the molecule is CC(C)c1nc(N2CCCC2=O)sc1C(=O)NC1CC1. The predicted octanol–water partition coefficient (Wildman–Crippen LogP) is 2.29. The second-order valence-corrected chi connectivity index (χ2v) is 6.74. The molecule has 1 aliphatic carbocycles. The average Bonchev–Trinajstić information content (AvgIpc) is 2.93. The molecule has 1 saturated heterocycles. The fraction of sp³-hybridized carbons (Fsp3) is 0.643. The molecule has 2 fully saturated rings. The van der Waals surface area contributed by atoms with E-state index in [0.717, 1.165) is 25.0 Å². The third-order valence-electron chi connectivity index (χ3n) is 3.61. The molecule has 0 aromatic carbocycles. The maximum Gasteiger partial charge on any atom is 0.263 e. The quantitative estimate of drug-likeness (QED) is 0.926. The molecule has 1 aromatic heterocycles. The molecule has 0 radical (unpaired) electrons. The number of anilines is 1. The normalized spacial score (nSPS) is 18.9. The van der Waals surface area contributed by atoms with Gasteiger partial charge in [-0.1, -0.05) is 25.2 Å². The summed E-state index contributed by atoms with van der Waals surface area (Å²) in [6, 6.07) is 0.335. The topological polar surface area (TPSA) is 62.3 Å². The molecular weight excluding hydrogens is 274 g/mol. The van der Waals surface area contributed by atoms with Crippen molar-refractivity contribution in [3.8, 4) is 0 Å². The van der Waals surface area contributed by atoms with Gasteiger partial charge in [0.2, 0.25) is 5.91 Å². The lowest BCUT2D eigenvalue weighted by atomic mass is 10.1. The van der Waals surface area contributed by atoms with E-state index >= 15 is 0 Å². The molecule has 108 valence electrons. The van der Waals surface area contributed by atoms with Gasteiger partial charge in [0.25, 0.3) is 5.91 Å². The number of carbonyl (C=O) groups excluding carboxylic acids is 2. The highest BCUT2D eigenvalue weighted by Gasteiger charge is 2.30. The molecule has 1 aromatic rings. The predicted molar refractivity (Wildman–Crippen MR) is 78.3 cm³/mol. The standard InChI is InChI=1S/C14H19N3O2S/c1-8(2)11-12(13(19)15-9-5-6-9)20-14(16-11)17-7-3-4-10(17)18/h8-9H,3-7H2,1-2H3,(H,15,19). The first-order chi connectivity index (χ1) is 9.56. The van der Waals surface area contributed by atoms with E-state index in [9.17, 15) is 9.59 Å². The zero-order chi connectivity index (χ0) is 14.3. The summed E-state index contributed by atoms with van der Waals surface area (Å²) in [5.41, 5.74) is 0.808. The summed E-state index contributed by atoms with van der Waals surface area (Å²) < 4.78 is 0. The zero-order valence-electron chi connectivity index (χ0n) is 11.8. The van der Waals surface area contributed by atoms with Gasteiger partial charge >= 0.3 is 0 Å². The van der Waals surface area contributed by atoms with Crippen LogP contribution in [-0.4, -0.2) is 29.4 Å². The van der Waals surface area contributed by atoms with Gasteiger partial charge in [-0.15, -0.1) is 0 Å². The molecular formula is C14H19N3O2S. The van der Waals surface area contributed by atoms with Gasteiger partial charge in [0.1, 0.15) is 4.88 Å². The molecule has 0 spiro atoms. The fourth-order valence-corrected chi connectivity index (χ4v) is 3.49. The molecule has 0 bridgehead atoms. The number of thiazole rings is 1. The number of aromatic nitrogens is 1. The molecule has 3 rings (SSSR count). The zero-order valence-corrected chi connectivity index (χ0v) is 12.6. The van der Waals surface area contributed by atoms with Crippen LogP contribution in [0.2, 0.25) is 0 Å². The van der Waals surface area contributed by atoms with Crippen LogP contribution < -0.4 is 10.2 Å². The van der Waals surface area contributed by atoms with Crippen LogP contribution in [-0.2, 0) is 4.79 Å². The minimum Gasteiger partial charge on any atom is -0.349 e. The van der Waals surface area contributed by atoms with Crippen LogP contribution in [0.15, 0.2) is 0 Å². The first-order valence-electron chi connectivity index (χ1n) is 7.18. The summed E-state index contributed by atoms with van der Waals surface area (Å²) in [5.74, 6) is 0.257. The molecule has 1 aliphatic heterocycles. The van der Waals surface area contributed by atoms with Crippen LogP contribution in [0.5, 0.6) is 0 Å². The van der Waals surface area contributed by atoms with Crippen molar-refractivity contribution in [2.45, 2.75) is 51.5 Å². The largest absolute Gasteiger partial charge is 0.349 e. The first kappa shape index (κ1) is 13.5. The lowest BCUT2D eigenvalue weighted by Crippen LogP contribution is -2.25. The number of carbonyl (C=O) groups is 2. The van der Waals surface area contributed by atoms with Gasteiger partial charge in [-0.2, -0.15) is 0 Å². The van der Waals surface area contributed by atoms with Crippen LogP contribution in [0, 0.1) is 0 Å². The Morgan fingerprint density at radius 1 is 1.45 bits per heavy atom. The Morgan fingerprint density at radius 2 is 2.20 bits per heavy atom. The Bertz CT molecular complexity index is 549. The van der Waals surface area contributed by atoms with Crippen molar-refractivity contribution >= 4 is 28.3 Å². The van der Waals surface area contributed by atoms with Gasteiger partial charge in [0, 0.05) is 19.0 Å². The maximum absolute atomic E-state index is 12.3. The van der Waals surface area contributed by atoms with Crippen molar-refractivity contribution in [3.63, 3.8) is 0 Å². The van der Waals surface area contributed by atoms with Gasteiger partial charge in [0.05, 0.1) is 5.69 Å². The molecule has 6 heteroatoms. The smallest absolute Gasteiger partial charge is 0.263 e. The van der Waals surface area contributed by atoms with Crippen LogP contribution in [0.4, 0.5) is 5.13 Å². The van der Waals surface area contributed by atoms with Crippen molar-refractivity contribution < 1.29 is 9.59 Å². The molecule has 2 aliphatic rings. The van der Waals surface area contributed by atoms with E-state index in [1.165, 1.54) is 11.3 Å². The van der Waals surface area contributed by atoms with Gasteiger partial charge in [-0.25, -0.2) is 4.98 Å². The van der Waals surface area contributed by atoms with Gasteiger partial charge < -0.3 is 5.32 Å². The van der Waals surface area contributed by atoms with Crippen molar-refractivity contribution in [1.82, 2.24) is 10.3 Å². The number of hydrogen-bond acceptors (Lipinski definition) is 4. The van der Waals surface area contributed by atoms with Gasteiger partial charge in [-0.05, 0) is 25.2 Å². The van der Waals surface area contributed by atoms with E-state index in [-0.39, 0.29) is 17.7 Å². The van der Waals surface area contributed by atoms with E-state index in [2.05, 4.69) is 10.3 Å². The third-order valence-corrected chi connectivity index (χ3v) is 4.70. The first-order valence-corrected chi connectivity index (χ1v) is 8.00. The van der Waals surface area contributed by atoms with Crippen molar-refractivity contribution in [1.29, 1.82) is 0 Å². The van der Waals surface area contributed by atoms with Crippen LogP contribution in [0.25, 0.3) is 0 Å². The van der Waals surface area contributed by atoms with Crippen molar-refractivity contribution in [2.24, 2.45) is 0 Å². The summed E-state index contributed by atoms with van der Waals surface area (Å²) in [5, 5.41) is 3.69. The Hall–Kier alpha value is -1.43. The third kappa shape index (κ3) is 2.57. The monoisotopic (exact) mass is 293 g/mol. The molecule has 1 N–H and O–H groups in total. The molecule has 20 heavy (non-hydrogen) atoms. The van der Waals surface area contributed by atoms with Gasteiger partial charge in [0.15, 0.2) is 5.13 Å². The molecule has 0 atom stereocenters. The lowest BCUT2D eigenvalue weighted by molar-refractivity contribution is -0.117. The summed E-state index contributed by atoms with van der Waals surface area (Å²) in [6.07, 6.45) is 3.59.